The van der Waals surface area contributed by atoms with Crippen molar-refractivity contribution < 1.29 is 4.55 Å². The zero-order valence-corrected chi connectivity index (χ0v) is 15.4. The minimum Gasteiger partial charge on any atom is -0.591 e. The summed E-state index contributed by atoms with van der Waals surface area (Å²) in [6.45, 7) is 7.83. The molecule has 0 saturated heterocycles. The molecule has 3 nitrogen and oxygen atoms in total. The summed E-state index contributed by atoms with van der Waals surface area (Å²) in [7, 11) is 0. The van der Waals surface area contributed by atoms with E-state index in [1.54, 1.807) is 12.3 Å². The number of hydrogen-bond donors (Lipinski definition) is 0. The Labute approximate surface area is 137 Å². The van der Waals surface area contributed by atoms with E-state index in [0.29, 0.717) is 5.15 Å². The van der Waals surface area contributed by atoms with Crippen LogP contribution >= 0.6 is 27.5 Å². The lowest BCUT2D eigenvalue weighted by molar-refractivity contribution is 0.561. The molecule has 1 atom stereocenters. The van der Waals surface area contributed by atoms with Gasteiger partial charge in [-0.25, -0.2) is 4.98 Å². The van der Waals surface area contributed by atoms with Gasteiger partial charge in [-0.15, -0.1) is 0 Å². The number of aromatic nitrogens is 1. The molecule has 1 heterocycles. The largest absolute Gasteiger partial charge is 0.591 e. The predicted molar refractivity (Wildman–Crippen MR) is 90.9 cm³/mol. The van der Waals surface area contributed by atoms with Crippen LogP contribution in [0.4, 0.5) is 0 Å². The number of pyridine rings is 1. The molecule has 1 aromatic heterocycles. The van der Waals surface area contributed by atoms with Crippen LogP contribution in [0.1, 0.15) is 46.1 Å². The van der Waals surface area contributed by atoms with Crippen molar-refractivity contribution in [3.63, 3.8) is 0 Å². The van der Waals surface area contributed by atoms with Crippen molar-refractivity contribution in [2.75, 3.05) is 0 Å². The topological polar surface area (TPSA) is 48.3 Å². The zero-order valence-electron chi connectivity index (χ0n) is 12.2. The van der Waals surface area contributed by atoms with E-state index in [1.165, 1.54) is 0 Å². The van der Waals surface area contributed by atoms with Gasteiger partial charge in [-0.05, 0) is 51.7 Å². The number of aryl methyl sites for hydroxylation is 1. The lowest BCUT2D eigenvalue weighted by Gasteiger charge is -2.19. The fourth-order valence-corrected chi connectivity index (χ4v) is 2.98. The molecule has 1 aromatic rings. The Morgan fingerprint density at radius 3 is 2.65 bits per heavy atom. The van der Waals surface area contributed by atoms with Gasteiger partial charge in [0.05, 0.1) is 5.71 Å². The first-order valence-corrected chi connectivity index (χ1v) is 8.80. The molecule has 1 rings (SSSR count). The van der Waals surface area contributed by atoms with Gasteiger partial charge in [-0.1, -0.05) is 38.9 Å². The van der Waals surface area contributed by atoms with Crippen molar-refractivity contribution in [2.45, 2.75) is 51.7 Å². The Morgan fingerprint density at radius 1 is 1.50 bits per heavy atom. The third kappa shape index (κ3) is 5.72. The van der Waals surface area contributed by atoms with Crippen LogP contribution in [0.3, 0.4) is 0 Å². The van der Waals surface area contributed by atoms with Gasteiger partial charge >= 0.3 is 0 Å². The molecule has 6 heteroatoms. The number of hydrogen-bond acceptors (Lipinski definition) is 3. The van der Waals surface area contributed by atoms with Crippen LogP contribution in [-0.4, -0.2) is 20.0 Å². The van der Waals surface area contributed by atoms with E-state index in [-0.39, 0.29) is 4.75 Å². The monoisotopic (exact) mass is 378 g/mol. The van der Waals surface area contributed by atoms with Gasteiger partial charge in [0.25, 0.3) is 0 Å². The molecule has 20 heavy (non-hydrogen) atoms. The van der Waals surface area contributed by atoms with Crippen LogP contribution in [0, 0.1) is 0 Å². The van der Waals surface area contributed by atoms with Crippen LogP contribution in [0.25, 0.3) is 0 Å². The lowest BCUT2D eigenvalue weighted by Crippen LogP contribution is -2.27. The van der Waals surface area contributed by atoms with Gasteiger partial charge in [0.15, 0.2) is 0 Å². The van der Waals surface area contributed by atoms with E-state index < -0.39 is 11.4 Å². The number of rotatable bonds is 5. The molecular formula is C14H20BrClN2OS. The first-order valence-electron chi connectivity index (χ1n) is 6.52. The average Bonchev–Trinajstić information content (AvgIpc) is 2.34. The molecule has 0 N–H and O–H groups in total. The molecule has 0 aliphatic carbocycles. The van der Waals surface area contributed by atoms with Gasteiger partial charge in [0.2, 0.25) is 0 Å². The predicted octanol–water partition coefficient (Wildman–Crippen LogP) is 4.74. The molecule has 0 spiro atoms. The summed E-state index contributed by atoms with van der Waals surface area (Å²) in [6.07, 6.45) is 4.15. The molecule has 0 amide bonds. The van der Waals surface area contributed by atoms with Crippen LogP contribution < -0.4 is 0 Å². The van der Waals surface area contributed by atoms with Gasteiger partial charge in [-0.2, -0.15) is 0 Å². The van der Waals surface area contributed by atoms with Crippen molar-refractivity contribution in [1.29, 1.82) is 0 Å². The van der Waals surface area contributed by atoms with Crippen LogP contribution in [0.15, 0.2) is 21.1 Å². The van der Waals surface area contributed by atoms with Crippen LogP contribution in [-0.2, 0) is 17.8 Å². The van der Waals surface area contributed by atoms with Gasteiger partial charge in [0, 0.05) is 10.7 Å². The van der Waals surface area contributed by atoms with Crippen molar-refractivity contribution in [3.05, 3.63) is 27.5 Å². The average molecular weight is 380 g/mol. The highest BCUT2D eigenvalue weighted by Crippen LogP contribution is 2.22. The normalized spacial score (nSPS) is 14.4. The Kier molecular flexibility index (Phi) is 6.98. The Bertz CT molecular complexity index is 489. The minimum atomic E-state index is -1.19. The highest BCUT2D eigenvalue weighted by molar-refractivity contribution is 9.10. The molecule has 0 aromatic carbocycles. The van der Waals surface area contributed by atoms with Crippen molar-refractivity contribution in [2.24, 2.45) is 4.40 Å². The van der Waals surface area contributed by atoms with E-state index in [0.717, 1.165) is 35.0 Å². The zero-order chi connectivity index (χ0) is 15.3. The first kappa shape index (κ1) is 18.0. The number of nitrogens with zero attached hydrogens (tertiary/aromatic N) is 2. The summed E-state index contributed by atoms with van der Waals surface area (Å²) in [5, 5.41) is 0.471. The fraction of sp³-hybridized carbons (Fsp3) is 0.571. The van der Waals surface area contributed by atoms with E-state index in [2.05, 4.69) is 25.3 Å². The van der Waals surface area contributed by atoms with Crippen LogP contribution in [0.5, 0.6) is 0 Å². The molecule has 112 valence electrons. The summed E-state index contributed by atoms with van der Waals surface area (Å²) in [5.41, 5.74) is 2.05. The van der Waals surface area contributed by atoms with E-state index in [9.17, 15) is 4.55 Å². The van der Waals surface area contributed by atoms with E-state index in [1.807, 2.05) is 27.7 Å². The van der Waals surface area contributed by atoms with Crippen molar-refractivity contribution in [1.82, 2.24) is 4.98 Å². The molecule has 0 fully saturated rings. The molecule has 0 radical (unpaired) electrons. The standard InChI is InChI=1S/C14H20BrClN2OS/c1-5-11(18-20(19)14(2,3)4)7-6-10-9-17-13(16)8-12(10)15/h8-9H,5-7H2,1-4H3/b18-11+. The molecule has 0 aliphatic heterocycles. The van der Waals surface area contributed by atoms with Crippen molar-refractivity contribution >= 4 is 44.6 Å². The lowest BCUT2D eigenvalue weighted by atomic mass is 10.1. The maximum Gasteiger partial charge on any atom is 0.144 e. The molecule has 0 saturated carbocycles. The Morgan fingerprint density at radius 2 is 2.15 bits per heavy atom. The smallest absolute Gasteiger partial charge is 0.144 e. The van der Waals surface area contributed by atoms with Crippen molar-refractivity contribution in [3.8, 4) is 0 Å². The second kappa shape index (κ2) is 7.78. The summed E-state index contributed by atoms with van der Waals surface area (Å²) in [6, 6.07) is 1.78. The van der Waals surface area contributed by atoms with Gasteiger partial charge < -0.3 is 4.55 Å². The summed E-state index contributed by atoms with van der Waals surface area (Å²) >= 11 is 8.10. The third-order valence-corrected chi connectivity index (χ3v) is 5.14. The second-order valence-corrected chi connectivity index (χ2v) is 8.62. The Hall–Kier alpha value is -0.100. The maximum atomic E-state index is 12.0. The number of halogens is 2. The third-order valence-electron chi connectivity index (χ3n) is 2.72. The van der Waals surface area contributed by atoms with Gasteiger partial charge in [0.1, 0.15) is 21.3 Å². The first-order chi connectivity index (χ1) is 9.24. The maximum absolute atomic E-state index is 12.0. The summed E-state index contributed by atoms with van der Waals surface area (Å²) < 4.78 is 17.0. The summed E-state index contributed by atoms with van der Waals surface area (Å²) in [4.78, 5) is 4.08. The van der Waals surface area contributed by atoms with E-state index in [4.69, 9.17) is 11.6 Å². The highest BCUT2D eigenvalue weighted by atomic mass is 79.9. The Balaban J connectivity index is 2.73. The molecule has 0 aliphatic rings. The summed E-state index contributed by atoms with van der Waals surface area (Å²) in [5.74, 6) is 0. The fourth-order valence-electron chi connectivity index (χ4n) is 1.44. The highest BCUT2D eigenvalue weighted by Gasteiger charge is 2.26. The quantitative estimate of drug-likeness (QED) is 0.421. The SMILES string of the molecule is CC/C(CCc1cnc(Cl)cc1Br)=N\[S+]([O-])C(C)(C)C. The van der Waals surface area contributed by atoms with Crippen LogP contribution in [0.2, 0.25) is 5.15 Å². The molecule has 1 unspecified atom stereocenters. The van der Waals surface area contributed by atoms with E-state index >= 15 is 0 Å². The molecular weight excluding hydrogens is 360 g/mol. The van der Waals surface area contributed by atoms with Gasteiger partial charge in [-0.3, -0.25) is 0 Å². The minimum absolute atomic E-state index is 0.317. The molecule has 0 bridgehead atoms. The second-order valence-electron chi connectivity index (χ2n) is 5.47.